The first-order valence-electron chi connectivity index (χ1n) is 11.4. The minimum Gasteiger partial charge on any atom is -0.256 e. The van der Waals surface area contributed by atoms with Crippen LogP contribution in [-0.2, 0) is 6.37 Å². The summed E-state index contributed by atoms with van der Waals surface area (Å²) in [6.45, 7) is 4.59. The van der Waals surface area contributed by atoms with Gasteiger partial charge in [-0.2, -0.15) is 0 Å². The molecule has 0 fully saturated rings. The van der Waals surface area contributed by atoms with Crippen LogP contribution in [0.2, 0.25) is 0 Å². The number of hydrogen-bond donors (Lipinski definition) is 0. The Bertz CT molecular complexity index is 901. The summed E-state index contributed by atoms with van der Waals surface area (Å²) in [6, 6.07) is 7.49. The molecule has 2 rings (SSSR count). The summed E-state index contributed by atoms with van der Waals surface area (Å²) in [5.74, 6) is 0. The first-order chi connectivity index (χ1) is 13.3. The van der Waals surface area contributed by atoms with Gasteiger partial charge in [-0.15, -0.1) is 0 Å². The monoisotopic (exact) mass is 303 g/mol. The molecule has 1 heterocycles. The molecule has 118 valence electrons. The number of pyridine rings is 1. The minimum atomic E-state index is -2.53. The van der Waals surface area contributed by atoms with Crippen LogP contribution in [0.1, 0.15) is 62.3 Å². The van der Waals surface area contributed by atoms with E-state index in [9.17, 15) is 0 Å². The summed E-state index contributed by atoms with van der Waals surface area (Å²) in [4.78, 5) is 4.35. The first-order valence-corrected chi connectivity index (χ1v) is 7.42. The van der Waals surface area contributed by atoms with Gasteiger partial charge in [0, 0.05) is 22.7 Å². The molecule has 2 aromatic rings. The Morgan fingerprint density at radius 1 is 1.05 bits per heavy atom. The Kier molecular flexibility index (Phi) is 2.36. The predicted molar refractivity (Wildman–Crippen MR) is 96.1 cm³/mol. The van der Waals surface area contributed by atoms with E-state index in [2.05, 4.69) is 4.98 Å². The van der Waals surface area contributed by atoms with Gasteiger partial charge in [0.25, 0.3) is 0 Å². The topological polar surface area (TPSA) is 12.9 Å². The van der Waals surface area contributed by atoms with E-state index in [4.69, 9.17) is 11.0 Å². The van der Waals surface area contributed by atoms with Crippen LogP contribution in [0.4, 0.5) is 0 Å². The largest absolute Gasteiger partial charge is 0.256 e. The summed E-state index contributed by atoms with van der Waals surface area (Å²) in [5.41, 5.74) is -0.263. The number of rotatable bonds is 3. The zero-order valence-electron chi connectivity index (χ0n) is 21.9. The summed E-state index contributed by atoms with van der Waals surface area (Å²) < 4.78 is 64.1. The lowest BCUT2D eigenvalue weighted by Gasteiger charge is -2.39. The molecule has 1 nitrogen and oxygen atoms in total. The highest BCUT2D eigenvalue weighted by Crippen LogP contribution is 2.41. The third-order valence-corrected chi connectivity index (χ3v) is 4.41. The molecule has 0 bridgehead atoms. The maximum absolute atomic E-state index is 8.83. The molecule has 0 saturated heterocycles. The number of hydrogen-bond acceptors (Lipinski definition) is 1. The number of nitrogens with zero attached hydrogens (tertiary/aromatic N) is 1. The van der Waals surface area contributed by atoms with Crippen molar-refractivity contribution >= 4 is 0 Å². The van der Waals surface area contributed by atoms with E-state index in [1.807, 2.05) is 20.8 Å². The number of aromatic nitrogens is 1. The van der Waals surface area contributed by atoms with E-state index in [0.29, 0.717) is 11.3 Å². The van der Waals surface area contributed by atoms with Crippen LogP contribution in [0.5, 0.6) is 0 Å². The highest BCUT2D eigenvalue weighted by Gasteiger charge is 2.33. The second kappa shape index (κ2) is 5.87. The molecule has 1 heteroatoms. The Balaban J connectivity index is 2.65. The normalized spacial score (nSPS) is 19.7. The van der Waals surface area contributed by atoms with Crippen LogP contribution in [0, 0.1) is 24.5 Å². The summed E-state index contributed by atoms with van der Waals surface area (Å²) in [6.07, 6.45) is -0.645. The lowest BCUT2D eigenvalue weighted by Crippen LogP contribution is -2.32. The molecule has 0 spiro atoms. The molecular formula is C21H29N. The van der Waals surface area contributed by atoms with Gasteiger partial charge in [0.2, 0.25) is 0 Å². The van der Waals surface area contributed by atoms with E-state index >= 15 is 0 Å². The van der Waals surface area contributed by atoms with Gasteiger partial charge >= 0.3 is 0 Å². The van der Waals surface area contributed by atoms with Crippen LogP contribution < -0.4 is 0 Å². The molecule has 0 atom stereocenters. The molecule has 22 heavy (non-hydrogen) atoms. The maximum atomic E-state index is 8.83. The third kappa shape index (κ3) is 3.58. The molecule has 0 aliphatic rings. The van der Waals surface area contributed by atoms with E-state index in [-0.39, 0.29) is 16.7 Å². The van der Waals surface area contributed by atoms with Gasteiger partial charge in [-0.25, -0.2) is 0 Å². The van der Waals surface area contributed by atoms with Crippen molar-refractivity contribution in [3.8, 4) is 11.3 Å². The van der Waals surface area contributed by atoms with E-state index < -0.39 is 30.9 Å². The molecular weight excluding hydrogens is 266 g/mol. The Morgan fingerprint density at radius 2 is 1.73 bits per heavy atom. The zero-order chi connectivity index (χ0) is 23.3. The maximum Gasteiger partial charge on any atom is 0.0704 e. The van der Waals surface area contributed by atoms with Crippen LogP contribution in [-0.4, -0.2) is 4.98 Å². The lowest BCUT2D eigenvalue weighted by atomic mass is 9.66. The fourth-order valence-corrected chi connectivity index (χ4v) is 1.88. The van der Waals surface area contributed by atoms with Crippen molar-refractivity contribution in [1.82, 2.24) is 4.98 Å². The standard InChI is InChI=1S/C21H29N/c1-15-8-10-17(11-9-15)19-12-16(2)18(14-22-19)13-21(6,7)20(3,4)5/h8-12,14H,13H2,1-7H3/i1D3,2D3,13D2. The minimum absolute atomic E-state index is 0.0466. The van der Waals surface area contributed by atoms with Gasteiger partial charge in [0.1, 0.15) is 0 Å². The highest BCUT2D eigenvalue weighted by molar-refractivity contribution is 5.60. The molecule has 1 aromatic heterocycles. The van der Waals surface area contributed by atoms with Crippen molar-refractivity contribution in [3.05, 3.63) is 53.2 Å². The van der Waals surface area contributed by atoms with Gasteiger partial charge in [0.15, 0.2) is 0 Å². The molecule has 1 aromatic carbocycles. The summed E-state index contributed by atoms with van der Waals surface area (Å²) in [7, 11) is 0. The van der Waals surface area contributed by atoms with Gasteiger partial charge < -0.3 is 0 Å². The van der Waals surface area contributed by atoms with Gasteiger partial charge in [-0.05, 0) is 48.1 Å². The average Bonchev–Trinajstić information content (AvgIpc) is 2.58. The van der Waals surface area contributed by atoms with E-state index in [0.717, 1.165) is 0 Å². The van der Waals surface area contributed by atoms with Gasteiger partial charge in [-0.1, -0.05) is 64.4 Å². The number of benzene rings is 1. The Labute approximate surface area is 147 Å². The molecule has 0 aliphatic heterocycles. The smallest absolute Gasteiger partial charge is 0.0704 e. The van der Waals surface area contributed by atoms with Crippen molar-refractivity contribution < 1.29 is 11.0 Å². The first kappa shape index (κ1) is 8.86. The predicted octanol–water partition coefficient (Wildman–Crippen LogP) is 5.98. The second-order valence-electron chi connectivity index (χ2n) is 7.19. The fourth-order valence-electron chi connectivity index (χ4n) is 1.88. The SMILES string of the molecule is [2H]C([2H])([2H])c1ccc(-c2cc(C([2H])([2H])[2H])c(C([2H])([2H])C(C)(C)C(C)(C)C)cn2)cc1. The van der Waals surface area contributed by atoms with Crippen molar-refractivity contribution in [2.45, 2.75) is 54.7 Å². The van der Waals surface area contributed by atoms with Crippen LogP contribution >= 0.6 is 0 Å². The average molecular weight is 304 g/mol. The second-order valence-corrected chi connectivity index (χ2v) is 7.19. The Hall–Kier alpha value is -1.63. The quantitative estimate of drug-likeness (QED) is 0.679. The highest BCUT2D eigenvalue weighted by atomic mass is 14.7. The van der Waals surface area contributed by atoms with Crippen LogP contribution in [0.3, 0.4) is 0 Å². The molecule has 0 saturated carbocycles. The summed E-state index contributed by atoms with van der Waals surface area (Å²) in [5, 5.41) is 0. The van der Waals surface area contributed by atoms with Crippen LogP contribution in [0.15, 0.2) is 36.5 Å². The third-order valence-electron chi connectivity index (χ3n) is 4.41. The fraction of sp³-hybridized carbons (Fsp3) is 0.476. The van der Waals surface area contributed by atoms with E-state index in [1.165, 1.54) is 24.4 Å². The Morgan fingerprint density at radius 3 is 2.27 bits per heavy atom. The molecule has 0 unspecified atom stereocenters. The van der Waals surface area contributed by atoms with E-state index in [1.54, 1.807) is 26.0 Å². The van der Waals surface area contributed by atoms with Gasteiger partial charge in [-0.3, -0.25) is 4.98 Å². The van der Waals surface area contributed by atoms with Crippen molar-refractivity contribution in [1.29, 1.82) is 0 Å². The molecule has 0 radical (unpaired) electrons. The molecule has 0 amide bonds. The summed E-state index contributed by atoms with van der Waals surface area (Å²) >= 11 is 0. The van der Waals surface area contributed by atoms with Crippen molar-refractivity contribution in [2.75, 3.05) is 0 Å². The number of aryl methyl sites for hydroxylation is 2. The lowest BCUT2D eigenvalue weighted by molar-refractivity contribution is 0.132. The van der Waals surface area contributed by atoms with Gasteiger partial charge in [0.05, 0.1) is 5.69 Å². The molecule has 0 N–H and O–H groups in total. The van der Waals surface area contributed by atoms with Crippen LogP contribution in [0.25, 0.3) is 11.3 Å². The van der Waals surface area contributed by atoms with Crippen molar-refractivity contribution in [3.63, 3.8) is 0 Å². The zero-order valence-corrected chi connectivity index (χ0v) is 13.9. The molecule has 0 aliphatic carbocycles. The van der Waals surface area contributed by atoms with Crippen molar-refractivity contribution in [2.24, 2.45) is 10.8 Å².